The van der Waals surface area contributed by atoms with E-state index in [4.69, 9.17) is 42.3 Å². The SMILES string of the molecule is C=CCOP(=O)(OCCC)OC[C@H](COCC[C@@H](C)O)NC(C)=O.C=CCOP(OCCC)N(C(C)C)C(C)C.CC(=O)N[C@H](CO)COCC[C@@H](C)O. The number of hydrogen-bond donors (Lipinski definition) is 5. The molecular formula is C36H75N3O13P2. The van der Waals surface area contributed by atoms with Crippen molar-refractivity contribution in [3.05, 3.63) is 25.3 Å². The van der Waals surface area contributed by atoms with Crippen molar-refractivity contribution in [1.29, 1.82) is 0 Å². The maximum absolute atomic E-state index is 12.4. The molecule has 2 amide bonds. The number of aliphatic hydroxyl groups is 3. The van der Waals surface area contributed by atoms with E-state index in [1.807, 2.05) is 6.92 Å². The molecule has 0 fully saturated rings. The lowest BCUT2D eigenvalue weighted by atomic mass is 10.3. The average Bonchev–Trinajstić information content (AvgIpc) is 3.09. The van der Waals surface area contributed by atoms with Gasteiger partial charge in [0.15, 0.2) is 0 Å². The molecule has 5 N–H and O–H groups in total. The molecule has 0 bridgehead atoms. The molecule has 0 radical (unpaired) electrons. The standard InChI is InChI=1S/C15H30NO7P.C12H26NO2P.C9H19NO4/c1-5-8-21-24(19,22-9-6-2)23-12-15(16-14(4)18)11-20-10-7-13(3)17;1-7-9-14-16(15-10-8-2)13(11(3)4)12(5)6;1-7(12)3-4-14-6-9(5-11)10-8(2)13/h5,13,15,17H,1,6-12H2,2-4H3,(H,16,18);7,11-12H,1,8-10H2,2-6H3;7,9,11-12H,3-6H2,1-2H3,(H,10,13)/t13-,15+,24?;;7-,9-/m1.1/s1. The zero-order chi connectivity index (χ0) is 42.0. The molecule has 0 spiro atoms. The van der Waals surface area contributed by atoms with E-state index in [0.29, 0.717) is 51.2 Å². The Morgan fingerprint density at radius 3 is 1.61 bits per heavy atom. The van der Waals surface area contributed by atoms with Gasteiger partial charge in [-0.3, -0.25) is 23.2 Å². The van der Waals surface area contributed by atoms with Crippen LogP contribution in [0, 0.1) is 0 Å². The molecule has 2 unspecified atom stereocenters. The summed E-state index contributed by atoms with van der Waals surface area (Å²) in [4.78, 5) is 21.9. The van der Waals surface area contributed by atoms with Crippen LogP contribution in [0.2, 0.25) is 0 Å². The average molecular weight is 820 g/mol. The molecule has 0 saturated heterocycles. The van der Waals surface area contributed by atoms with E-state index in [9.17, 15) is 19.3 Å². The number of ether oxygens (including phenoxy) is 2. The number of amides is 2. The lowest BCUT2D eigenvalue weighted by molar-refractivity contribution is -0.121. The Hall–Kier alpha value is -1.36. The number of rotatable bonds is 31. The minimum absolute atomic E-state index is 0.0245. The number of phosphoric ester groups is 1. The van der Waals surface area contributed by atoms with Crippen LogP contribution >= 0.6 is 16.3 Å². The molecule has 18 heteroatoms. The lowest BCUT2D eigenvalue weighted by Crippen LogP contribution is -2.40. The first-order valence-corrected chi connectivity index (χ1v) is 21.3. The fraction of sp³-hybridized carbons (Fsp3) is 0.833. The molecule has 322 valence electrons. The van der Waals surface area contributed by atoms with Crippen molar-refractivity contribution >= 4 is 28.2 Å². The second kappa shape index (κ2) is 37.2. The van der Waals surface area contributed by atoms with Gasteiger partial charge in [-0.2, -0.15) is 0 Å². The van der Waals surface area contributed by atoms with Crippen LogP contribution in [0.4, 0.5) is 0 Å². The quantitative estimate of drug-likeness (QED) is 0.0344. The third-order valence-electron chi connectivity index (χ3n) is 6.23. The van der Waals surface area contributed by atoms with E-state index >= 15 is 0 Å². The molecule has 0 aliphatic rings. The van der Waals surface area contributed by atoms with Crippen LogP contribution in [0.25, 0.3) is 0 Å². The minimum Gasteiger partial charge on any atom is -0.394 e. The van der Waals surface area contributed by atoms with Crippen LogP contribution in [-0.2, 0) is 46.2 Å². The summed E-state index contributed by atoms with van der Waals surface area (Å²) in [5.41, 5.74) is 0. The summed E-state index contributed by atoms with van der Waals surface area (Å²) in [5.74, 6) is -0.456. The number of phosphoric acid groups is 1. The summed E-state index contributed by atoms with van der Waals surface area (Å²) >= 11 is 0. The van der Waals surface area contributed by atoms with Crippen molar-refractivity contribution in [1.82, 2.24) is 15.3 Å². The Balaban J connectivity index is -0.000000758. The maximum atomic E-state index is 12.4. The molecule has 0 heterocycles. The Kier molecular flexibility index (Phi) is 39.3. The van der Waals surface area contributed by atoms with Crippen LogP contribution in [-0.4, -0.2) is 134 Å². The Morgan fingerprint density at radius 2 is 1.20 bits per heavy atom. The minimum atomic E-state index is -3.72. The van der Waals surface area contributed by atoms with Gasteiger partial charge >= 0.3 is 7.82 Å². The van der Waals surface area contributed by atoms with Crippen LogP contribution in [0.1, 0.15) is 94.9 Å². The van der Waals surface area contributed by atoms with Gasteiger partial charge < -0.3 is 44.5 Å². The largest absolute Gasteiger partial charge is 0.475 e. The second-order valence-electron chi connectivity index (χ2n) is 12.8. The normalized spacial score (nSPS) is 15.1. The van der Waals surface area contributed by atoms with Gasteiger partial charge in [-0.1, -0.05) is 26.0 Å². The van der Waals surface area contributed by atoms with Crippen molar-refractivity contribution in [3.8, 4) is 0 Å². The van der Waals surface area contributed by atoms with E-state index in [0.717, 1.165) is 13.0 Å². The predicted molar refractivity (Wildman–Crippen MR) is 214 cm³/mol. The highest BCUT2D eigenvalue weighted by atomic mass is 31.2. The van der Waals surface area contributed by atoms with Gasteiger partial charge in [-0.25, -0.2) is 9.24 Å². The first-order valence-electron chi connectivity index (χ1n) is 18.7. The molecule has 6 atom stereocenters. The van der Waals surface area contributed by atoms with Crippen LogP contribution in [0.3, 0.4) is 0 Å². The Bertz CT molecular complexity index is 970. The number of nitrogens with zero attached hydrogens (tertiary/aromatic N) is 1. The van der Waals surface area contributed by atoms with Gasteiger partial charge in [0.2, 0.25) is 11.8 Å². The molecule has 54 heavy (non-hydrogen) atoms. The maximum Gasteiger partial charge on any atom is 0.475 e. The highest BCUT2D eigenvalue weighted by Crippen LogP contribution is 2.49. The van der Waals surface area contributed by atoms with Gasteiger partial charge in [-0.15, -0.1) is 13.2 Å². The molecule has 0 aromatic rings. The zero-order valence-electron chi connectivity index (χ0n) is 34.7. The highest BCUT2D eigenvalue weighted by molar-refractivity contribution is 7.48. The summed E-state index contributed by atoms with van der Waals surface area (Å²) in [6.45, 7) is 28.4. The van der Waals surface area contributed by atoms with Crippen molar-refractivity contribution in [2.24, 2.45) is 0 Å². The molecule has 0 saturated carbocycles. The van der Waals surface area contributed by atoms with E-state index < -0.39 is 28.5 Å². The number of carbonyl (C=O) groups excluding carboxylic acids is 2. The van der Waals surface area contributed by atoms with E-state index in [-0.39, 0.29) is 63.6 Å². The fourth-order valence-corrected chi connectivity index (χ4v) is 6.82. The van der Waals surface area contributed by atoms with Crippen molar-refractivity contribution in [2.45, 2.75) is 131 Å². The van der Waals surface area contributed by atoms with Crippen molar-refractivity contribution in [3.63, 3.8) is 0 Å². The first kappa shape index (κ1) is 57.0. The van der Waals surface area contributed by atoms with Crippen LogP contribution < -0.4 is 10.6 Å². The first-order chi connectivity index (χ1) is 25.4. The summed E-state index contributed by atoms with van der Waals surface area (Å²) in [7, 11) is -4.68. The van der Waals surface area contributed by atoms with Gasteiger partial charge in [0, 0.05) is 39.1 Å². The summed E-state index contributed by atoms with van der Waals surface area (Å²) < 4.78 is 52.4. The summed E-state index contributed by atoms with van der Waals surface area (Å²) in [5, 5.41) is 32.1. The number of nitrogens with one attached hydrogen (secondary N) is 2. The molecule has 16 nitrogen and oxygen atoms in total. The van der Waals surface area contributed by atoms with E-state index in [1.54, 1.807) is 19.9 Å². The van der Waals surface area contributed by atoms with Gasteiger partial charge in [0.1, 0.15) is 0 Å². The third kappa shape index (κ3) is 36.3. The molecular weight excluding hydrogens is 744 g/mol. The van der Waals surface area contributed by atoms with Gasteiger partial charge in [-0.05, 0) is 67.2 Å². The smallest absolute Gasteiger partial charge is 0.394 e. The second-order valence-corrected chi connectivity index (χ2v) is 15.9. The molecule has 0 aromatic heterocycles. The van der Waals surface area contributed by atoms with E-state index in [2.05, 4.69) is 63.1 Å². The third-order valence-corrected chi connectivity index (χ3v) is 9.73. The highest BCUT2D eigenvalue weighted by Gasteiger charge is 2.28. The molecule has 0 aliphatic carbocycles. The lowest BCUT2D eigenvalue weighted by Gasteiger charge is -2.35. The molecule has 0 rings (SSSR count). The molecule has 0 aromatic carbocycles. The monoisotopic (exact) mass is 819 g/mol. The van der Waals surface area contributed by atoms with Crippen molar-refractivity contribution < 1.29 is 61.6 Å². The fourth-order valence-electron chi connectivity index (χ4n) is 3.88. The molecule has 0 aliphatic heterocycles. The summed E-state index contributed by atoms with van der Waals surface area (Å²) in [6.07, 6.45) is 5.06. The van der Waals surface area contributed by atoms with E-state index in [1.165, 1.54) is 19.9 Å². The Morgan fingerprint density at radius 1 is 0.722 bits per heavy atom. The van der Waals surface area contributed by atoms with Gasteiger partial charge in [0.25, 0.3) is 8.53 Å². The van der Waals surface area contributed by atoms with Gasteiger partial charge in [0.05, 0.1) is 77.1 Å². The number of carbonyl (C=O) groups is 2. The Labute approximate surface area is 327 Å². The van der Waals surface area contributed by atoms with Crippen molar-refractivity contribution in [2.75, 3.05) is 66.1 Å². The topological polar surface area (TPSA) is 204 Å². The predicted octanol–water partition coefficient (Wildman–Crippen LogP) is 5.26. The van der Waals surface area contributed by atoms with Crippen LogP contribution in [0.15, 0.2) is 25.3 Å². The number of aliphatic hydroxyl groups excluding tert-OH is 3. The van der Waals surface area contributed by atoms with Crippen LogP contribution in [0.5, 0.6) is 0 Å². The summed E-state index contributed by atoms with van der Waals surface area (Å²) in [6, 6.07) is -0.0237. The number of hydrogen-bond acceptors (Lipinski definition) is 14. The zero-order valence-corrected chi connectivity index (χ0v) is 36.5.